The van der Waals surface area contributed by atoms with Crippen molar-refractivity contribution in [1.29, 1.82) is 0 Å². The molecular weight excluding hydrogens is 540 g/mol. The topological polar surface area (TPSA) is 103 Å². The summed E-state index contributed by atoms with van der Waals surface area (Å²) in [6.45, 7) is 6.68. The summed E-state index contributed by atoms with van der Waals surface area (Å²) in [4.78, 5) is 49.0. The Hall–Kier alpha value is -4.48. The van der Waals surface area contributed by atoms with Gasteiger partial charge in [0.25, 0.3) is 11.8 Å². The maximum absolute atomic E-state index is 14.6. The molecule has 0 spiro atoms. The van der Waals surface area contributed by atoms with Gasteiger partial charge in [-0.1, -0.05) is 63.2 Å². The number of fused-ring (bicyclic) bond motifs is 1. The Kier molecular flexibility index (Phi) is 8.65. The Labute approximate surface area is 253 Å². The molecule has 1 aromatic heterocycles. The number of aromatic nitrogens is 1. The lowest BCUT2D eigenvalue weighted by atomic mass is 9.87. The van der Waals surface area contributed by atoms with Gasteiger partial charge in [-0.05, 0) is 65.5 Å². The molecule has 8 heteroatoms. The van der Waals surface area contributed by atoms with Crippen LogP contribution in [-0.2, 0) is 26.2 Å². The lowest BCUT2D eigenvalue weighted by Crippen LogP contribution is -2.55. The molecule has 0 bridgehead atoms. The van der Waals surface area contributed by atoms with Crippen molar-refractivity contribution in [3.8, 4) is 12.3 Å². The highest BCUT2D eigenvalue weighted by Gasteiger charge is 2.42. The van der Waals surface area contributed by atoms with E-state index in [2.05, 4.69) is 37.0 Å². The van der Waals surface area contributed by atoms with Crippen LogP contribution in [0.5, 0.6) is 0 Å². The Morgan fingerprint density at radius 3 is 2.49 bits per heavy atom. The van der Waals surface area contributed by atoms with Gasteiger partial charge in [0.1, 0.15) is 12.1 Å². The van der Waals surface area contributed by atoms with E-state index >= 15 is 0 Å². The molecule has 0 radical (unpaired) electrons. The van der Waals surface area contributed by atoms with Gasteiger partial charge in [-0.25, -0.2) is 0 Å². The van der Waals surface area contributed by atoms with E-state index in [1.54, 1.807) is 24.5 Å². The molecular formula is C35H38N4O4. The van der Waals surface area contributed by atoms with Crippen LogP contribution in [0.1, 0.15) is 74.4 Å². The smallest absolute Gasteiger partial charge is 0.298 e. The first-order chi connectivity index (χ1) is 20.6. The summed E-state index contributed by atoms with van der Waals surface area (Å²) >= 11 is 0. The molecule has 43 heavy (non-hydrogen) atoms. The number of nitrogens with one attached hydrogen (secondary N) is 1. The van der Waals surface area contributed by atoms with Crippen LogP contribution in [0.2, 0.25) is 0 Å². The number of pyridine rings is 1. The Bertz CT molecular complexity index is 1520. The molecule has 1 saturated heterocycles. The number of amides is 3. The summed E-state index contributed by atoms with van der Waals surface area (Å²) in [7, 11) is 0. The number of piperidine rings is 1. The van der Waals surface area contributed by atoms with Crippen molar-refractivity contribution in [2.45, 2.75) is 76.1 Å². The van der Waals surface area contributed by atoms with E-state index in [0.29, 0.717) is 30.6 Å². The highest BCUT2D eigenvalue weighted by Crippen LogP contribution is 2.36. The zero-order valence-electron chi connectivity index (χ0n) is 24.9. The first kappa shape index (κ1) is 30.0. The summed E-state index contributed by atoms with van der Waals surface area (Å²) in [6, 6.07) is 16.1. The van der Waals surface area contributed by atoms with Gasteiger partial charge in [0.2, 0.25) is 5.91 Å². The number of aliphatic hydroxyl groups is 1. The van der Waals surface area contributed by atoms with E-state index in [1.807, 2.05) is 48.5 Å². The minimum absolute atomic E-state index is 0.126. The maximum Gasteiger partial charge on any atom is 0.298 e. The molecule has 1 aliphatic heterocycles. The predicted octanol–water partition coefficient (Wildman–Crippen LogP) is 4.24. The highest BCUT2D eigenvalue weighted by molar-refractivity contribution is 6.06. The predicted molar refractivity (Wildman–Crippen MR) is 165 cm³/mol. The summed E-state index contributed by atoms with van der Waals surface area (Å²) in [5.41, 5.74) is 3.76. The van der Waals surface area contributed by atoms with Gasteiger partial charge in [-0.3, -0.25) is 24.3 Å². The fourth-order valence-electron chi connectivity index (χ4n) is 6.14. The van der Waals surface area contributed by atoms with Crippen LogP contribution in [-0.4, -0.2) is 51.4 Å². The molecule has 2 aliphatic rings. The van der Waals surface area contributed by atoms with Crippen LogP contribution in [0, 0.1) is 12.3 Å². The second-order valence-corrected chi connectivity index (χ2v) is 12.3. The first-order valence-electron chi connectivity index (χ1n) is 14.8. The second kappa shape index (κ2) is 12.4. The number of nitrogens with zero attached hydrogens (tertiary/aromatic N) is 3. The van der Waals surface area contributed by atoms with Crippen molar-refractivity contribution in [3.05, 3.63) is 95.3 Å². The monoisotopic (exact) mass is 578 g/mol. The lowest BCUT2D eigenvalue weighted by Gasteiger charge is -2.39. The number of likely N-dealkylation sites (tertiary alicyclic amines) is 1. The van der Waals surface area contributed by atoms with Crippen molar-refractivity contribution in [2.24, 2.45) is 0 Å². The second-order valence-electron chi connectivity index (χ2n) is 12.3. The molecule has 5 rings (SSSR count). The van der Waals surface area contributed by atoms with Crippen LogP contribution in [0.15, 0.2) is 73.1 Å². The molecule has 1 aliphatic carbocycles. The van der Waals surface area contributed by atoms with Gasteiger partial charge in [0, 0.05) is 36.6 Å². The van der Waals surface area contributed by atoms with Crippen molar-refractivity contribution >= 4 is 23.4 Å². The van der Waals surface area contributed by atoms with Gasteiger partial charge < -0.3 is 15.3 Å². The van der Waals surface area contributed by atoms with Crippen molar-refractivity contribution in [1.82, 2.24) is 15.2 Å². The van der Waals surface area contributed by atoms with E-state index in [1.165, 1.54) is 9.80 Å². The molecule has 1 fully saturated rings. The van der Waals surface area contributed by atoms with Crippen molar-refractivity contribution in [2.75, 3.05) is 11.4 Å². The Morgan fingerprint density at radius 2 is 1.81 bits per heavy atom. The zero-order chi connectivity index (χ0) is 30.7. The van der Waals surface area contributed by atoms with Crippen LogP contribution >= 0.6 is 0 Å². The number of hydrogen-bond donors (Lipinski definition) is 2. The number of aliphatic hydroxyl groups excluding tert-OH is 1. The maximum atomic E-state index is 14.6. The lowest BCUT2D eigenvalue weighted by molar-refractivity contribution is -0.138. The highest BCUT2D eigenvalue weighted by atomic mass is 16.3. The first-order valence-corrected chi connectivity index (χ1v) is 14.8. The van der Waals surface area contributed by atoms with Crippen molar-refractivity contribution in [3.63, 3.8) is 0 Å². The van der Waals surface area contributed by atoms with E-state index in [4.69, 9.17) is 6.42 Å². The molecule has 4 atom stereocenters. The number of hydrogen-bond acceptors (Lipinski definition) is 5. The fraction of sp³-hybridized carbons (Fsp3) is 0.371. The van der Waals surface area contributed by atoms with E-state index in [0.717, 1.165) is 29.5 Å². The standard InChI is InChI=1S/C35H38N4O4/c1-5-30(41)38-20-9-8-14-28(38)34(43)39(26-17-15-25(16-18-26)35(2,3)4)32(24-12-10-19-36-22-24)33(42)37-31-27-13-7-6-11-23(27)21-29(31)40/h1,6-7,10-13,15-19,22,28-29,31-32,40H,8-9,14,20-21H2,2-4H3,(H,37,42). The summed E-state index contributed by atoms with van der Waals surface area (Å²) in [5, 5.41) is 14.0. The largest absolute Gasteiger partial charge is 0.390 e. The number of carbonyl (C=O) groups is 3. The summed E-state index contributed by atoms with van der Waals surface area (Å²) < 4.78 is 0. The van der Waals surface area contributed by atoms with Gasteiger partial charge in [0.05, 0.1) is 12.1 Å². The minimum Gasteiger partial charge on any atom is -0.390 e. The Balaban J connectivity index is 1.61. The SMILES string of the molecule is C#CC(=O)N1CCCCC1C(=O)N(c1ccc(C(C)(C)C)cc1)C(C(=O)NC1c2ccccc2CC1O)c1cccnc1. The number of benzene rings is 2. The molecule has 222 valence electrons. The Morgan fingerprint density at radius 1 is 1.07 bits per heavy atom. The van der Waals surface area contributed by atoms with E-state index in [-0.39, 0.29) is 5.41 Å². The molecule has 2 aromatic carbocycles. The minimum atomic E-state index is -1.13. The molecule has 0 saturated carbocycles. The number of anilines is 1. The third-order valence-electron chi connectivity index (χ3n) is 8.43. The third-order valence-corrected chi connectivity index (χ3v) is 8.43. The van der Waals surface area contributed by atoms with E-state index in [9.17, 15) is 19.5 Å². The fourth-order valence-corrected chi connectivity index (χ4v) is 6.14. The molecule has 2 N–H and O–H groups in total. The van der Waals surface area contributed by atoms with Crippen LogP contribution < -0.4 is 10.2 Å². The van der Waals surface area contributed by atoms with E-state index < -0.39 is 42.0 Å². The number of rotatable bonds is 6. The van der Waals surface area contributed by atoms with Crippen LogP contribution in [0.25, 0.3) is 0 Å². The number of carbonyl (C=O) groups excluding carboxylic acids is 3. The average molecular weight is 579 g/mol. The zero-order valence-corrected chi connectivity index (χ0v) is 24.9. The molecule has 8 nitrogen and oxygen atoms in total. The van der Waals surface area contributed by atoms with Crippen LogP contribution in [0.3, 0.4) is 0 Å². The van der Waals surface area contributed by atoms with Gasteiger partial charge >= 0.3 is 0 Å². The van der Waals surface area contributed by atoms with Gasteiger partial charge in [-0.2, -0.15) is 0 Å². The normalized spacial score (nSPS) is 20.4. The van der Waals surface area contributed by atoms with Crippen LogP contribution in [0.4, 0.5) is 5.69 Å². The molecule has 3 amide bonds. The van der Waals surface area contributed by atoms with Crippen molar-refractivity contribution < 1.29 is 19.5 Å². The molecule has 2 heterocycles. The summed E-state index contributed by atoms with van der Waals surface area (Å²) in [5.74, 6) is 0.756. The van der Waals surface area contributed by atoms with Gasteiger partial charge in [0.15, 0.2) is 0 Å². The summed E-state index contributed by atoms with van der Waals surface area (Å²) in [6.07, 6.45) is 10.2. The quantitative estimate of drug-likeness (QED) is 0.426. The average Bonchev–Trinajstić information content (AvgIpc) is 3.33. The number of terminal acetylenes is 1. The van der Waals surface area contributed by atoms with Gasteiger partial charge in [-0.15, -0.1) is 6.42 Å². The molecule has 3 aromatic rings. The third kappa shape index (κ3) is 6.18. The molecule has 4 unspecified atom stereocenters.